The molecule has 3 aromatic rings. The van der Waals surface area contributed by atoms with Gasteiger partial charge >= 0.3 is 0 Å². The molecule has 24 heavy (non-hydrogen) atoms. The second kappa shape index (κ2) is 7.96. The van der Waals surface area contributed by atoms with Gasteiger partial charge in [-0.1, -0.05) is 12.1 Å². The molecule has 2 aromatic heterocycles. The van der Waals surface area contributed by atoms with E-state index in [1.807, 2.05) is 43.3 Å². The van der Waals surface area contributed by atoms with Crippen molar-refractivity contribution < 1.29 is 4.42 Å². The molecule has 0 bridgehead atoms. The molecule has 0 atom stereocenters. The SMILES string of the molecule is CCNC(=NCc1ccc(-n2cncn2)cc1)NCc1ccco1. The molecule has 3 rings (SSSR count). The van der Waals surface area contributed by atoms with Crippen LogP contribution in [-0.2, 0) is 13.1 Å². The van der Waals surface area contributed by atoms with Crippen molar-refractivity contribution in [1.29, 1.82) is 0 Å². The minimum Gasteiger partial charge on any atom is -0.467 e. The summed E-state index contributed by atoms with van der Waals surface area (Å²) in [6.07, 6.45) is 4.86. The van der Waals surface area contributed by atoms with Crippen molar-refractivity contribution in [3.63, 3.8) is 0 Å². The normalized spacial score (nSPS) is 11.5. The van der Waals surface area contributed by atoms with Gasteiger partial charge in [-0.2, -0.15) is 5.10 Å². The number of benzene rings is 1. The first-order valence-corrected chi connectivity index (χ1v) is 7.83. The quantitative estimate of drug-likeness (QED) is 0.536. The second-order valence-electron chi connectivity index (χ2n) is 5.13. The van der Waals surface area contributed by atoms with E-state index in [2.05, 4.69) is 25.7 Å². The number of rotatable bonds is 6. The maximum absolute atomic E-state index is 5.31. The van der Waals surface area contributed by atoms with Crippen molar-refractivity contribution in [3.8, 4) is 5.69 Å². The third-order valence-corrected chi connectivity index (χ3v) is 3.39. The molecule has 0 aliphatic rings. The van der Waals surface area contributed by atoms with Crippen molar-refractivity contribution in [2.45, 2.75) is 20.0 Å². The molecule has 0 fully saturated rings. The Morgan fingerprint density at radius 3 is 2.75 bits per heavy atom. The molecule has 7 nitrogen and oxygen atoms in total. The van der Waals surface area contributed by atoms with Gasteiger partial charge in [-0.25, -0.2) is 14.7 Å². The summed E-state index contributed by atoms with van der Waals surface area (Å²) in [5.74, 6) is 1.63. The highest BCUT2D eigenvalue weighted by atomic mass is 16.3. The van der Waals surface area contributed by atoms with Crippen molar-refractivity contribution in [2.75, 3.05) is 6.54 Å². The van der Waals surface area contributed by atoms with Crippen molar-refractivity contribution in [2.24, 2.45) is 4.99 Å². The van der Waals surface area contributed by atoms with Crippen LogP contribution in [0.3, 0.4) is 0 Å². The standard InChI is InChI=1S/C17H20N6O/c1-2-19-17(21-11-16-4-3-9-24-16)20-10-14-5-7-15(8-6-14)23-13-18-12-22-23/h3-9,12-13H,2,10-11H2,1H3,(H2,19,20,21). The van der Waals surface area contributed by atoms with E-state index in [0.717, 1.165) is 29.5 Å². The Labute approximate surface area is 140 Å². The number of hydrogen-bond acceptors (Lipinski definition) is 4. The summed E-state index contributed by atoms with van der Waals surface area (Å²) in [4.78, 5) is 8.54. The highest BCUT2D eigenvalue weighted by molar-refractivity contribution is 5.79. The van der Waals surface area contributed by atoms with Crippen LogP contribution in [0.4, 0.5) is 0 Å². The number of nitrogens with zero attached hydrogens (tertiary/aromatic N) is 4. The Bertz CT molecular complexity index is 747. The predicted molar refractivity (Wildman–Crippen MR) is 91.7 cm³/mol. The molecule has 7 heteroatoms. The summed E-state index contributed by atoms with van der Waals surface area (Å²) >= 11 is 0. The Balaban J connectivity index is 1.60. The fourth-order valence-electron chi connectivity index (χ4n) is 2.19. The third-order valence-electron chi connectivity index (χ3n) is 3.39. The fourth-order valence-corrected chi connectivity index (χ4v) is 2.19. The second-order valence-corrected chi connectivity index (χ2v) is 5.13. The minimum absolute atomic E-state index is 0.588. The predicted octanol–water partition coefficient (Wildman–Crippen LogP) is 2.12. The molecule has 0 unspecified atom stereocenters. The summed E-state index contributed by atoms with van der Waals surface area (Å²) in [5, 5.41) is 10.6. The van der Waals surface area contributed by atoms with Crippen molar-refractivity contribution in [1.82, 2.24) is 25.4 Å². The highest BCUT2D eigenvalue weighted by Crippen LogP contribution is 2.09. The summed E-state index contributed by atoms with van der Waals surface area (Å²) in [7, 11) is 0. The summed E-state index contributed by atoms with van der Waals surface area (Å²) < 4.78 is 7.04. The first-order chi connectivity index (χ1) is 11.8. The molecular weight excluding hydrogens is 304 g/mol. The number of guanidine groups is 1. The van der Waals surface area contributed by atoms with Gasteiger partial charge in [-0.3, -0.25) is 0 Å². The Hall–Kier alpha value is -3.09. The molecular formula is C17H20N6O. The van der Waals surface area contributed by atoms with Gasteiger partial charge in [0.1, 0.15) is 18.4 Å². The smallest absolute Gasteiger partial charge is 0.191 e. The zero-order valence-corrected chi connectivity index (χ0v) is 13.5. The van der Waals surface area contributed by atoms with Crippen LogP contribution < -0.4 is 10.6 Å². The van der Waals surface area contributed by atoms with Crippen LogP contribution in [0, 0.1) is 0 Å². The maximum atomic E-state index is 5.31. The Morgan fingerprint density at radius 2 is 2.08 bits per heavy atom. The van der Waals surface area contributed by atoms with Gasteiger partial charge in [-0.15, -0.1) is 0 Å². The summed E-state index contributed by atoms with van der Waals surface area (Å²) in [5.41, 5.74) is 2.09. The molecule has 0 radical (unpaired) electrons. The molecule has 0 amide bonds. The van der Waals surface area contributed by atoms with Crippen LogP contribution in [0.1, 0.15) is 18.2 Å². The first-order valence-electron chi connectivity index (χ1n) is 7.83. The van der Waals surface area contributed by atoms with Gasteiger partial charge in [0.05, 0.1) is 25.0 Å². The maximum Gasteiger partial charge on any atom is 0.191 e. The van der Waals surface area contributed by atoms with Gasteiger partial charge < -0.3 is 15.1 Å². The fraction of sp³-hybridized carbons (Fsp3) is 0.235. The molecule has 2 N–H and O–H groups in total. The minimum atomic E-state index is 0.588. The zero-order chi connectivity index (χ0) is 16.6. The molecule has 0 saturated heterocycles. The highest BCUT2D eigenvalue weighted by Gasteiger charge is 2.01. The molecule has 0 aliphatic heterocycles. The zero-order valence-electron chi connectivity index (χ0n) is 13.5. The average molecular weight is 324 g/mol. The van der Waals surface area contributed by atoms with Crippen LogP contribution in [0.2, 0.25) is 0 Å². The average Bonchev–Trinajstić information content (AvgIpc) is 3.31. The lowest BCUT2D eigenvalue weighted by molar-refractivity contribution is 0.501. The lowest BCUT2D eigenvalue weighted by Gasteiger charge is -2.10. The van der Waals surface area contributed by atoms with Crippen LogP contribution >= 0.6 is 0 Å². The van der Waals surface area contributed by atoms with Crippen LogP contribution in [-0.4, -0.2) is 27.3 Å². The molecule has 0 aliphatic carbocycles. The van der Waals surface area contributed by atoms with E-state index in [0.29, 0.717) is 13.1 Å². The van der Waals surface area contributed by atoms with E-state index in [1.54, 1.807) is 17.3 Å². The van der Waals surface area contributed by atoms with Gasteiger partial charge in [0.25, 0.3) is 0 Å². The molecule has 124 valence electrons. The number of aromatic nitrogens is 3. The van der Waals surface area contributed by atoms with Crippen LogP contribution in [0.25, 0.3) is 5.69 Å². The lowest BCUT2D eigenvalue weighted by Crippen LogP contribution is -2.36. The van der Waals surface area contributed by atoms with E-state index in [4.69, 9.17) is 4.42 Å². The summed E-state index contributed by atoms with van der Waals surface area (Å²) in [6, 6.07) is 11.9. The third kappa shape index (κ3) is 4.22. The number of hydrogen-bond donors (Lipinski definition) is 2. The van der Waals surface area contributed by atoms with Gasteiger partial charge in [0, 0.05) is 6.54 Å². The van der Waals surface area contributed by atoms with E-state index in [1.165, 1.54) is 6.33 Å². The van der Waals surface area contributed by atoms with Crippen molar-refractivity contribution >= 4 is 5.96 Å². The topological polar surface area (TPSA) is 80.3 Å². The monoisotopic (exact) mass is 324 g/mol. The van der Waals surface area contributed by atoms with Crippen LogP contribution in [0.15, 0.2) is 64.7 Å². The van der Waals surface area contributed by atoms with Gasteiger partial charge in [-0.05, 0) is 36.8 Å². The Kier molecular flexibility index (Phi) is 5.24. The first kappa shape index (κ1) is 15.8. The van der Waals surface area contributed by atoms with E-state index < -0.39 is 0 Å². The molecule has 0 saturated carbocycles. The van der Waals surface area contributed by atoms with E-state index >= 15 is 0 Å². The lowest BCUT2D eigenvalue weighted by atomic mass is 10.2. The van der Waals surface area contributed by atoms with Crippen LogP contribution in [0.5, 0.6) is 0 Å². The molecule has 2 heterocycles. The Morgan fingerprint density at radius 1 is 1.21 bits per heavy atom. The van der Waals surface area contributed by atoms with Gasteiger partial charge in [0.15, 0.2) is 5.96 Å². The molecule has 0 spiro atoms. The number of aliphatic imine (C=N–C) groups is 1. The van der Waals surface area contributed by atoms with Gasteiger partial charge in [0.2, 0.25) is 0 Å². The summed E-state index contributed by atoms with van der Waals surface area (Å²) in [6.45, 7) is 4.03. The number of furan rings is 1. The largest absolute Gasteiger partial charge is 0.467 e. The number of nitrogens with one attached hydrogen (secondary N) is 2. The van der Waals surface area contributed by atoms with Crippen molar-refractivity contribution in [3.05, 3.63) is 66.6 Å². The van der Waals surface area contributed by atoms with E-state index in [-0.39, 0.29) is 0 Å². The van der Waals surface area contributed by atoms with E-state index in [9.17, 15) is 0 Å². The molecule has 1 aromatic carbocycles.